The number of aliphatic hydroxyl groups excluding tert-OH is 1. The summed E-state index contributed by atoms with van der Waals surface area (Å²) in [5, 5.41) is 9.28. The molecule has 0 aliphatic rings. The minimum absolute atomic E-state index is 0.126. The Kier molecular flexibility index (Phi) is 3.53. The highest BCUT2D eigenvalue weighted by molar-refractivity contribution is 5.56. The predicted molar refractivity (Wildman–Crippen MR) is 60.8 cm³/mol. The molecule has 0 saturated heterocycles. The van der Waals surface area contributed by atoms with E-state index in [1.165, 1.54) is 0 Å². The monoisotopic (exact) mass is 229 g/mol. The van der Waals surface area contributed by atoms with Gasteiger partial charge in [-0.05, 0) is 11.6 Å². The van der Waals surface area contributed by atoms with E-state index >= 15 is 0 Å². The van der Waals surface area contributed by atoms with Gasteiger partial charge in [0.2, 0.25) is 0 Å². The van der Waals surface area contributed by atoms with Crippen molar-refractivity contribution in [3.8, 4) is 0 Å². The molecule has 0 unspecified atom stereocenters. The Morgan fingerprint density at radius 1 is 1.19 bits per heavy atom. The van der Waals surface area contributed by atoms with Gasteiger partial charge in [-0.15, -0.1) is 0 Å². The van der Waals surface area contributed by atoms with E-state index in [1.807, 2.05) is 0 Å². The van der Waals surface area contributed by atoms with Gasteiger partial charge >= 0.3 is 0 Å². The first kappa shape index (κ1) is 12.9. The van der Waals surface area contributed by atoms with E-state index in [4.69, 9.17) is 0 Å². The second kappa shape index (κ2) is 4.37. The Balaban J connectivity index is 3.42. The van der Waals surface area contributed by atoms with Crippen LogP contribution in [0.15, 0.2) is 12.1 Å². The van der Waals surface area contributed by atoms with E-state index in [0.29, 0.717) is 11.3 Å². The van der Waals surface area contributed by atoms with E-state index in [0.717, 1.165) is 12.1 Å². The van der Waals surface area contributed by atoms with Gasteiger partial charge in [0, 0.05) is 31.3 Å². The quantitative estimate of drug-likeness (QED) is 0.859. The van der Waals surface area contributed by atoms with Crippen molar-refractivity contribution < 1.29 is 13.9 Å². The number of halogens is 2. The molecule has 0 aliphatic carbocycles. The number of aliphatic hydroxyl groups is 1. The lowest BCUT2D eigenvalue weighted by Crippen LogP contribution is -2.26. The van der Waals surface area contributed by atoms with Crippen LogP contribution in [0.2, 0.25) is 0 Å². The Labute approximate surface area is 94.5 Å². The largest absolute Gasteiger partial charge is 0.395 e. The number of rotatable bonds is 3. The first-order valence-electron chi connectivity index (χ1n) is 5.07. The third-order valence-corrected chi connectivity index (χ3v) is 2.64. The van der Waals surface area contributed by atoms with E-state index < -0.39 is 17.0 Å². The van der Waals surface area contributed by atoms with Gasteiger partial charge < -0.3 is 10.0 Å². The third kappa shape index (κ3) is 2.32. The van der Waals surface area contributed by atoms with Gasteiger partial charge in [-0.3, -0.25) is 0 Å². The van der Waals surface area contributed by atoms with E-state index in [9.17, 15) is 13.9 Å². The molecule has 0 bridgehead atoms. The van der Waals surface area contributed by atoms with E-state index in [-0.39, 0.29) is 6.61 Å². The fourth-order valence-electron chi connectivity index (χ4n) is 1.53. The summed E-state index contributed by atoms with van der Waals surface area (Å²) >= 11 is 0. The molecule has 0 saturated carbocycles. The van der Waals surface area contributed by atoms with Crippen LogP contribution in [0, 0.1) is 11.6 Å². The lowest BCUT2D eigenvalue weighted by atomic mass is 9.84. The molecule has 0 radical (unpaired) electrons. The van der Waals surface area contributed by atoms with Crippen LogP contribution >= 0.6 is 0 Å². The van der Waals surface area contributed by atoms with Crippen LogP contribution in [-0.4, -0.2) is 25.8 Å². The molecule has 0 atom stereocenters. The molecule has 0 fully saturated rings. The Morgan fingerprint density at radius 2 is 1.69 bits per heavy atom. The molecule has 1 aromatic carbocycles. The number of hydrogen-bond donors (Lipinski definition) is 1. The van der Waals surface area contributed by atoms with Gasteiger partial charge in [0.05, 0.1) is 6.61 Å². The molecule has 0 spiro atoms. The van der Waals surface area contributed by atoms with E-state index in [2.05, 4.69) is 0 Å². The van der Waals surface area contributed by atoms with Crippen molar-refractivity contribution in [2.75, 3.05) is 25.6 Å². The average Bonchev–Trinajstić information content (AvgIpc) is 2.21. The zero-order chi connectivity index (χ0) is 12.5. The summed E-state index contributed by atoms with van der Waals surface area (Å²) in [4.78, 5) is 1.70. The molecule has 90 valence electrons. The lowest BCUT2D eigenvalue weighted by Gasteiger charge is -2.28. The summed E-state index contributed by atoms with van der Waals surface area (Å²) in [7, 11) is 3.51. The fraction of sp³-hybridized carbons (Fsp3) is 0.500. The van der Waals surface area contributed by atoms with E-state index in [1.54, 1.807) is 32.8 Å². The molecule has 0 amide bonds. The first-order chi connectivity index (χ1) is 7.29. The van der Waals surface area contributed by atoms with Crippen LogP contribution in [0.1, 0.15) is 19.4 Å². The summed E-state index contributed by atoms with van der Waals surface area (Å²) in [6.45, 7) is 3.44. The van der Waals surface area contributed by atoms with Gasteiger partial charge in [-0.2, -0.15) is 0 Å². The molecule has 16 heavy (non-hydrogen) atoms. The number of hydrogen-bond acceptors (Lipinski definition) is 2. The highest BCUT2D eigenvalue weighted by Crippen LogP contribution is 2.32. The van der Waals surface area contributed by atoms with Gasteiger partial charge in [0.15, 0.2) is 11.6 Å². The van der Waals surface area contributed by atoms with Crippen molar-refractivity contribution >= 4 is 5.69 Å². The predicted octanol–water partition coefficient (Wildman–Crippen LogP) is 2.30. The van der Waals surface area contributed by atoms with Gasteiger partial charge in [-0.1, -0.05) is 13.8 Å². The molecule has 0 aliphatic heterocycles. The summed E-state index contributed by atoms with van der Waals surface area (Å²) in [6, 6.07) is 2.31. The second-order valence-electron chi connectivity index (χ2n) is 4.72. The van der Waals surface area contributed by atoms with Gasteiger partial charge in [-0.25, -0.2) is 8.78 Å². The maximum Gasteiger partial charge on any atom is 0.160 e. The lowest BCUT2D eigenvalue weighted by molar-refractivity contribution is 0.218. The minimum atomic E-state index is -0.887. The van der Waals surface area contributed by atoms with Gasteiger partial charge in [0.25, 0.3) is 0 Å². The summed E-state index contributed by atoms with van der Waals surface area (Å²) in [6.07, 6.45) is 0. The molecule has 0 aromatic heterocycles. The molecule has 1 aromatic rings. The van der Waals surface area contributed by atoms with Crippen molar-refractivity contribution in [1.82, 2.24) is 0 Å². The second-order valence-corrected chi connectivity index (χ2v) is 4.72. The zero-order valence-corrected chi connectivity index (χ0v) is 10.0. The fourth-order valence-corrected chi connectivity index (χ4v) is 1.53. The average molecular weight is 229 g/mol. The third-order valence-electron chi connectivity index (χ3n) is 2.64. The Bertz CT molecular complexity index is 389. The number of anilines is 1. The molecule has 1 N–H and O–H groups in total. The maximum absolute atomic E-state index is 13.2. The van der Waals surface area contributed by atoms with Crippen molar-refractivity contribution in [3.63, 3.8) is 0 Å². The topological polar surface area (TPSA) is 23.5 Å². The summed E-state index contributed by atoms with van der Waals surface area (Å²) < 4.78 is 26.4. The Hall–Kier alpha value is -1.16. The van der Waals surface area contributed by atoms with Crippen molar-refractivity contribution in [1.29, 1.82) is 0 Å². The normalized spacial score (nSPS) is 11.7. The Morgan fingerprint density at radius 3 is 2.12 bits per heavy atom. The van der Waals surface area contributed by atoms with Crippen molar-refractivity contribution in [2.45, 2.75) is 19.3 Å². The summed E-state index contributed by atoms with van der Waals surface area (Å²) in [5.74, 6) is -1.76. The standard InChI is InChI=1S/C12H17F2NO/c1-12(2,7-16)8-5-9(13)10(14)6-11(8)15(3)4/h5-6,16H,7H2,1-4H3. The summed E-state index contributed by atoms with van der Waals surface area (Å²) in [5.41, 5.74) is 0.575. The molecule has 0 heterocycles. The van der Waals surface area contributed by atoms with Crippen LogP contribution in [0.4, 0.5) is 14.5 Å². The first-order valence-corrected chi connectivity index (χ1v) is 5.07. The molecular formula is C12H17F2NO. The smallest absolute Gasteiger partial charge is 0.160 e. The minimum Gasteiger partial charge on any atom is -0.395 e. The molecule has 4 heteroatoms. The zero-order valence-electron chi connectivity index (χ0n) is 10.0. The van der Waals surface area contributed by atoms with Crippen LogP contribution in [0.3, 0.4) is 0 Å². The van der Waals surface area contributed by atoms with Crippen molar-refractivity contribution in [2.24, 2.45) is 0 Å². The van der Waals surface area contributed by atoms with Crippen LogP contribution in [-0.2, 0) is 5.41 Å². The van der Waals surface area contributed by atoms with Gasteiger partial charge in [0.1, 0.15) is 0 Å². The molecular weight excluding hydrogens is 212 g/mol. The molecule has 1 rings (SSSR count). The SMILES string of the molecule is CN(C)c1cc(F)c(F)cc1C(C)(C)CO. The maximum atomic E-state index is 13.2. The van der Waals surface area contributed by atoms with Crippen LogP contribution < -0.4 is 4.90 Å². The number of nitrogens with zero attached hydrogens (tertiary/aromatic N) is 1. The van der Waals surface area contributed by atoms with Crippen LogP contribution in [0.5, 0.6) is 0 Å². The highest BCUT2D eigenvalue weighted by atomic mass is 19.2. The highest BCUT2D eigenvalue weighted by Gasteiger charge is 2.25. The molecule has 2 nitrogen and oxygen atoms in total. The number of benzene rings is 1. The van der Waals surface area contributed by atoms with Crippen molar-refractivity contribution in [3.05, 3.63) is 29.3 Å². The van der Waals surface area contributed by atoms with Crippen LogP contribution in [0.25, 0.3) is 0 Å².